The van der Waals surface area contributed by atoms with Crippen LogP contribution in [0.25, 0.3) is 11.1 Å². The molecule has 11 nitrogen and oxygen atoms in total. The van der Waals surface area contributed by atoms with Gasteiger partial charge in [0.15, 0.2) is 0 Å². The number of benzene rings is 1. The summed E-state index contributed by atoms with van der Waals surface area (Å²) >= 11 is 0. The highest BCUT2D eigenvalue weighted by atomic mass is 16.6. The average Bonchev–Trinajstić information content (AvgIpc) is 3.27. The number of aryl methyl sites for hydroxylation is 2. The summed E-state index contributed by atoms with van der Waals surface area (Å²) in [5, 5.41) is 7.15. The number of ether oxygens (including phenoxy) is 3. The van der Waals surface area contributed by atoms with Crippen molar-refractivity contribution in [1.29, 1.82) is 0 Å². The molecule has 1 aromatic carbocycles. The van der Waals surface area contributed by atoms with Crippen LogP contribution in [0.3, 0.4) is 0 Å². The molecule has 0 radical (unpaired) electrons. The molecule has 3 N–H and O–H groups in total. The summed E-state index contributed by atoms with van der Waals surface area (Å²) in [6.07, 6.45) is 1.52. The zero-order valence-corrected chi connectivity index (χ0v) is 25.7. The Morgan fingerprint density at radius 1 is 1.07 bits per heavy atom. The Hall–Kier alpha value is -4.41. The van der Waals surface area contributed by atoms with E-state index in [2.05, 4.69) is 24.3 Å². The van der Waals surface area contributed by atoms with E-state index in [4.69, 9.17) is 24.9 Å². The lowest BCUT2D eigenvalue weighted by atomic mass is 9.90. The fourth-order valence-corrected chi connectivity index (χ4v) is 4.45. The number of pyridine rings is 1. The molecular weight excluding hydrogens is 538 g/mol. The van der Waals surface area contributed by atoms with Gasteiger partial charge in [0.05, 0.1) is 7.11 Å². The number of nitrogens with zero attached hydrogens (tertiary/aromatic N) is 3. The predicted molar refractivity (Wildman–Crippen MR) is 158 cm³/mol. The highest BCUT2D eigenvalue weighted by Gasteiger charge is 2.24. The second-order valence-corrected chi connectivity index (χ2v) is 11.6. The number of hydrogen-bond donors (Lipinski definition) is 2. The molecule has 3 aromatic rings. The Balaban J connectivity index is 2.13. The molecule has 0 aliphatic heterocycles. The molecule has 2 amide bonds. The van der Waals surface area contributed by atoms with E-state index in [-0.39, 0.29) is 31.1 Å². The molecule has 3 rings (SSSR count). The number of nitrogens with two attached hydrogens (primary N) is 1. The van der Waals surface area contributed by atoms with Crippen LogP contribution in [0.1, 0.15) is 73.1 Å². The van der Waals surface area contributed by atoms with Gasteiger partial charge in [-0.15, -0.1) is 5.10 Å². The number of rotatable bonds is 11. The smallest absolute Gasteiger partial charge is 0.407 e. The second kappa shape index (κ2) is 13.5. The molecule has 11 heteroatoms. The maximum absolute atomic E-state index is 12.7. The van der Waals surface area contributed by atoms with Crippen LogP contribution in [0, 0.1) is 19.8 Å². The standard InChI is InChI=1S/C31H41N5O6/c1-18(2)13-25-22(14-33-30(39)42-31(5,6)7)27(21-11-9-19(3)10-12-21)24(20(4)34-25)17-41-28-23(29(38)40-8)15-36(35-28)16-26(32)37/h9-12,15,18H,13-14,16-17H2,1-8H3,(H2,32,37)(H,33,39). The number of hydrogen-bond acceptors (Lipinski definition) is 8. The lowest BCUT2D eigenvalue weighted by molar-refractivity contribution is -0.118. The molecule has 226 valence electrons. The van der Waals surface area contributed by atoms with E-state index < -0.39 is 23.6 Å². The minimum atomic E-state index is -0.663. The summed E-state index contributed by atoms with van der Waals surface area (Å²) in [5.41, 5.74) is 10.8. The first kappa shape index (κ1) is 32.1. The molecule has 2 aromatic heterocycles. The van der Waals surface area contributed by atoms with Crippen molar-refractivity contribution in [2.75, 3.05) is 7.11 Å². The number of alkyl carbamates (subject to hydrolysis) is 1. The monoisotopic (exact) mass is 579 g/mol. The fourth-order valence-electron chi connectivity index (χ4n) is 4.45. The van der Waals surface area contributed by atoms with Crippen LogP contribution in [0.15, 0.2) is 30.5 Å². The van der Waals surface area contributed by atoms with Crippen molar-refractivity contribution < 1.29 is 28.6 Å². The first-order valence-corrected chi connectivity index (χ1v) is 13.8. The summed E-state index contributed by atoms with van der Waals surface area (Å²) in [7, 11) is 1.25. The zero-order valence-electron chi connectivity index (χ0n) is 25.7. The fraction of sp³-hybridized carbons (Fsp3) is 0.452. The van der Waals surface area contributed by atoms with E-state index in [9.17, 15) is 14.4 Å². The van der Waals surface area contributed by atoms with Gasteiger partial charge in [-0.3, -0.25) is 14.5 Å². The van der Waals surface area contributed by atoms with Crippen molar-refractivity contribution in [2.24, 2.45) is 11.7 Å². The van der Waals surface area contributed by atoms with Crippen LogP contribution >= 0.6 is 0 Å². The number of esters is 1. The van der Waals surface area contributed by atoms with E-state index in [1.165, 1.54) is 18.0 Å². The molecule has 2 heterocycles. The minimum absolute atomic E-state index is 0.00101. The Morgan fingerprint density at radius 2 is 1.74 bits per heavy atom. The van der Waals surface area contributed by atoms with Crippen molar-refractivity contribution in [2.45, 2.75) is 80.2 Å². The molecule has 0 atom stereocenters. The average molecular weight is 580 g/mol. The maximum atomic E-state index is 12.7. The summed E-state index contributed by atoms with van der Waals surface area (Å²) in [6.45, 7) is 13.5. The molecule has 0 saturated carbocycles. The molecule has 0 aliphatic carbocycles. The molecule has 0 aliphatic rings. The largest absolute Gasteiger partial charge is 0.471 e. The van der Waals surface area contributed by atoms with Gasteiger partial charge in [0.1, 0.15) is 24.3 Å². The lowest BCUT2D eigenvalue weighted by Gasteiger charge is -2.23. The van der Waals surface area contributed by atoms with Gasteiger partial charge in [-0.2, -0.15) is 0 Å². The number of methoxy groups -OCH3 is 1. The Kier molecular flexibility index (Phi) is 10.3. The normalized spacial score (nSPS) is 11.4. The summed E-state index contributed by atoms with van der Waals surface area (Å²) in [5.74, 6) is -0.979. The van der Waals surface area contributed by atoms with E-state index in [0.29, 0.717) is 12.3 Å². The summed E-state index contributed by atoms with van der Waals surface area (Å²) < 4.78 is 17.7. The van der Waals surface area contributed by atoms with Gasteiger partial charge in [0, 0.05) is 35.3 Å². The summed E-state index contributed by atoms with van der Waals surface area (Å²) in [6, 6.07) is 8.07. The number of carbonyl (C=O) groups excluding carboxylic acids is 3. The minimum Gasteiger partial charge on any atom is -0.471 e. The van der Waals surface area contributed by atoms with E-state index in [0.717, 1.165) is 39.2 Å². The van der Waals surface area contributed by atoms with Crippen LogP contribution in [0.4, 0.5) is 4.79 Å². The van der Waals surface area contributed by atoms with Gasteiger partial charge in [-0.1, -0.05) is 43.7 Å². The number of aromatic nitrogens is 3. The van der Waals surface area contributed by atoms with Gasteiger partial charge in [0.2, 0.25) is 11.8 Å². The SMILES string of the molecule is COC(=O)c1cn(CC(N)=O)nc1OCc1c(C)nc(CC(C)C)c(CNC(=O)OC(C)(C)C)c1-c1ccc(C)cc1. The number of primary amides is 1. The van der Waals surface area contributed by atoms with Crippen LogP contribution in [-0.2, 0) is 40.4 Å². The number of amides is 2. The topological polar surface area (TPSA) is 148 Å². The molecule has 0 fully saturated rings. The third-order valence-electron chi connectivity index (χ3n) is 6.25. The van der Waals surface area contributed by atoms with Crippen molar-refractivity contribution in [3.63, 3.8) is 0 Å². The van der Waals surface area contributed by atoms with Crippen LogP contribution in [0.2, 0.25) is 0 Å². The highest BCUT2D eigenvalue weighted by molar-refractivity contribution is 5.91. The Labute approximate surface area is 246 Å². The van der Waals surface area contributed by atoms with Crippen molar-refractivity contribution in [3.8, 4) is 17.0 Å². The van der Waals surface area contributed by atoms with Crippen LogP contribution < -0.4 is 15.8 Å². The Bertz CT molecular complexity index is 1440. The Morgan fingerprint density at radius 3 is 2.31 bits per heavy atom. The van der Waals surface area contributed by atoms with E-state index >= 15 is 0 Å². The molecule has 0 spiro atoms. The molecular formula is C31H41N5O6. The zero-order chi connectivity index (χ0) is 31.2. The number of carbonyl (C=O) groups is 3. The third kappa shape index (κ3) is 8.55. The first-order valence-electron chi connectivity index (χ1n) is 13.8. The summed E-state index contributed by atoms with van der Waals surface area (Å²) in [4.78, 5) is 41.5. The van der Waals surface area contributed by atoms with Crippen molar-refractivity contribution in [1.82, 2.24) is 20.1 Å². The van der Waals surface area contributed by atoms with Crippen LogP contribution in [-0.4, -0.2) is 45.4 Å². The second-order valence-electron chi connectivity index (χ2n) is 11.6. The highest BCUT2D eigenvalue weighted by Crippen LogP contribution is 2.34. The van der Waals surface area contributed by atoms with Crippen molar-refractivity contribution in [3.05, 3.63) is 64.1 Å². The molecule has 0 unspecified atom stereocenters. The van der Waals surface area contributed by atoms with Gasteiger partial charge in [-0.05, 0) is 58.1 Å². The van der Waals surface area contributed by atoms with E-state index in [1.807, 2.05) is 58.9 Å². The maximum Gasteiger partial charge on any atom is 0.407 e. The first-order chi connectivity index (χ1) is 19.7. The number of nitrogens with one attached hydrogen (secondary N) is 1. The molecule has 0 bridgehead atoms. The van der Waals surface area contributed by atoms with Gasteiger partial charge < -0.3 is 25.3 Å². The van der Waals surface area contributed by atoms with Crippen molar-refractivity contribution >= 4 is 18.0 Å². The van der Waals surface area contributed by atoms with Gasteiger partial charge in [-0.25, -0.2) is 9.59 Å². The molecule has 0 saturated heterocycles. The third-order valence-corrected chi connectivity index (χ3v) is 6.25. The van der Waals surface area contributed by atoms with Crippen LogP contribution in [0.5, 0.6) is 5.88 Å². The van der Waals surface area contributed by atoms with Gasteiger partial charge in [0.25, 0.3) is 0 Å². The van der Waals surface area contributed by atoms with Gasteiger partial charge >= 0.3 is 12.1 Å². The molecule has 42 heavy (non-hydrogen) atoms. The predicted octanol–water partition coefficient (Wildman–Crippen LogP) is 4.64. The quantitative estimate of drug-likeness (QED) is 0.312. The lowest BCUT2D eigenvalue weighted by Crippen LogP contribution is -2.32. The van der Waals surface area contributed by atoms with E-state index in [1.54, 1.807) is 0 Å².